The van der Waals surface area contributed by atoms with E-state index in [0.29, 0.717) is 12.8 Å². The van der Waals surface area contributed by atoms with Crippen molar-refractivity contribution in [3.05, 3.63) is 34.4 Å². The summed E-state index contributed by atoms with van der Waals surface area (Å²) in [4.78, 5) is 46.4. The summed E-state index contributed by atoms with van der Waals surface area (Å²) in [5.41, 5.74) is -0.135. The van der Waals surface area contributed by atoms with E-state index in [-0.39, 0.29) is 41.4 Å². The number of halogens is 2. The van der Waals surface area contributed by atoms with E-state index in [1.165, 1.54) is 24.3 Å². The average molecular weight is 464 g/mol. The zero-order valence-electron chi connectivity index (χ0n) is 17.2. The largest absolute Gasteiger partial charge is 0.425 e. The van der Waals surface area contributed by atoms with Gasteiger partial charge in [0, 0.05) is 25.0 Å². The zero-order chi connectivity index (χ0) is 23.1. The third-order valence-electron chi connectivity index (χ3n) is 3.83. The number of hydrogen-bond acceptors (Lipinski definition) is 6. The molecular weight excluding hydrogens is 437 g/mol. The first-order valence-electron chi connectivity index (χ1n) is 9.40. The van der Waals surface area contributed by atoms with Crippen molar-refractivity contribution in [1.82, 2.24) is 10.6 Å². The fraction of sp³-hybridized carbons (Fsp3) is 0.526. The minimum Gasteiger partial charge on any atom is -0.425 e. The average Bonchev–Trinajstić information content (AvgIpc) is 2.72. The van der Waals surface area contributed by atoms with Crippen molar-refractivity contribution in [2.24, 2.45) is 0 Å². The molecule has 168 valence electrons. The van der Waals surface area contributed by atoms with Crippen molar-refractivity contribution in [2.45, 2.75) is 58.5 Å². The molecule has 0 aliphatic rings. The van der Waals surface area contributed by atoms with Crippen molar-refractivity contribution in [3.8, 4) is 5.75 Å². The van der Waals surface area contributed by atoms with Gasteiger partial charge in [0.25, 0.3) is 5.69 Å². The summed E-state index contributed by atoms with van der Waals surface area (Å²) in [6, 6.07) is 3.34. The molecule has 0 saturated carbocycles. The number of nitrogens with one attached hydrogen (secondary N) is 2. The molecule has 0 saturated heterocycles. The molecular formula is C19H27Cl2N3O6. The molecule has 1 aromatic carbocycles. The van der Waals surface area contributed by atoms with Gasteiger partial charge in [-0.25, -0.2) is 4.79 Å². The van der Waals surface area contributed by atoms with Gasteiger partial charge >= 0.3 is 5.97 Å². The number of esters is 1. The molecule has 0 radical (unpaired) electrons. The molecule has 1 aromatic rings. The maximum Gasteiger partial charge on any atom is 0.336 e. The lowest BCUT2D eigenvalue weighted by atomic mass is 10.0. The van der Waals surface area contributed by atoms with Crippen LogP contribution in [-0.2, 0) is 14.4 Å². The number of carbonyl (C=O) groups excluding carboxylic acids is 3. The Morgan fingerprint density at radius 2 is 1.53 bits per heavy atom. The van der Waals surface area contributed by atoms with Gasteiger partial charge in [-0.3, -0.25) is 19.7 Å². The number of carbonyl (C=O) groups is 3. The highest BCUT2D eigenvalue weighted by molar-refractivity contribution is 6.40. The first-order valence-corrected chi connectivity index (χ1v) is 10.5. The summed E-state index contributed by atoms with van der Waals surface area (Å²) in [5.74, 6) is -1.24. The maximum atomic E-state index is 12.6. The Labute approximate surface area is 185 Å². The SMILES string of the molecule is CCCC(NC(=O)CC)C(NC(=O)CC)C(=O)Oc1ccc([N+](=O)[O-])cc1.ClCCl. The molecule has 2 amide bonds. The first-order chi connectivity index (χ1) is 14.2. The van der Waals surface area contributed by atoms with Gasteiger partial charge < -0.3 is 15.4 Å². The van der Waals surface area contributed by atoms with Gasteiger partial charge in [-0.2, -0.15) is 0 Å². The van der Waals surface area contributed by atoms with Crippen molar-refractivity contribution in [3.63, 3.8) is 0 Å². The van der Waals surface area contributed by atoms with E-state index in [1.807, 2.05) is 6.92 Å². The molecule has 0 heterocycles. The predicted molar refractivity (Wildman–Crippen MR) is 115 cm³/mol. The molecule has 0 bridgehead atoms. The van der Waals surface area contributed by atoms with Crippen LogP contribution in [0.3, 0.4) is 0 Å². The predicted octanol–water partition coefficient (Wildman–Crippen LogP) is 3.51. The monoisotopic (exact) mass is 463 g/mol. The van der Waals surface area contributed by atoms with Crippen LogP contribution in [0, 0.1) is 10.1 Å². The van der Waals surface area contributed by atoms with Crippen LogP contribution < -0.4 is 15.4 Å². The quantitative estimate of drug-likeness (QED) is 0.179. The molecule has 1 rings (SSSR count). The van der Waals surface area contributed by atoms with E-state index in [1.54, 1.807) is 13.8 Å². The lowest BCUT2D eigenvalue weighted by Gasteiger charge is -2.27. The molecule has 0 spiro atoms. The van der Waals surface area contributed by atoms with E-state index < -0.39 is 23.0 Å². The Bertz CT molecular complexity index is 700. The van der Waals surface area contributed by atoms with Crippen LogP contribution >= 0.6 is 23.2 Å². The molecule has 9 nitrogen and oxygen atoms in total. The minimum absolute atomic E-state index is 0.110. The summed E-state index contributed by atoms with van der Waals surface area (Å²) < 4.78 is 5.27. The number of non-ortho nitro benzene ring substituents is 1. The molecule has 2 N–H and O–H groups in total. The third kappa shape index (κ3) is 10.4. The lowest BCUT2D eigenvalue weighted by Crippen LogP contribution is -2.56. The topological polar surface area (TPSA) is 128 Å². The van der Waals surface area contributed by atoms with E-state index in [9.17, 15) is 24.5 Å². The van der Waals surface area contributed by atoms with E-state index in [4.69, 9.17) is 27.9 Å². The maximum absolute atomic E-state index is 12.6. The van der Waals surface area contributed by atoms with Crippen LogP contribution in [0.2, 0.25) is 0 Å². The Hall–Kier alpha value is -2.39. The van der Waals surface area contributed by atoms with Crippen LogP contribution in [-0.4, -0.2) is 40.1 Å². The molecule has 2 unspecified atom stereocenters. The van der Waals surface area contributed by atoms with Crippen molar-refractivity contribution < 1.29 is 24.0 Å². The van der Waals surface area contributed by atoms with Gasteiger partial charge in [0.1, 0.15) is 11.8 Å². The van der Waals surface area contributed by atoms with Gasteiger partial charge in [-0.1, -0.05) is 27.2 Å². The third-order valence-corrected chi connectivity index (χ3v) is 3.83. The van der Waals surface area contributed by atoms with E-state index in [0.717, 1.165) is 0 Å². The van der Waals surface area contributed by atoms with Gasteiger partial charge in [0.05, 0.1) is 16.3 Å². The van der Waals surface area contributed by atoms with Crippen molar-refractivity contribution >= 4 is 46.7 Å². The molecule has 2 atom stereocenters. The summed E-state index contributed by atoms with van der Waals surface area (Å²) >= 11 is 9.53. The van der Waals surface area contributed by atoms with Crippen LogP contribution in [0.5, 0.6) is 5.75 Å². The van der Waals surface area contributed by atoms with Gasteiger partial charge in [-0.05, 0) is 18.6 Å². The van der Waals surface area contributed by atoms with Crippen LogP contribution in [0.25, 0.3) is 0 Å². The Morgan fingerprint density at radius 3 is 1.97 bits per heavy atom. The van der Waals surface area contributed by atoms with Crippen LogP contribution in [0.15, 0.2) is 24.3 Å². The number of hydrogen-bond donors (Lipinski definition) is 2. The van der Waals surface area contributed by atoms with Crippen LogP contribution in [0.4, 0.5) is 5.69 Å². The van der Waals surface area contributed by atoms with E-state index in [2.05, 4.69) is 10.6 Å². The van der Waals surface area contributed by atoms with Crippen molar-refractivity contribution in [2.75, 3.05) is 5.34 Å². The highest BCUT2D eigenvalue weighted by Crippen LogP contribution is 2.18. The van der Waals surface area contributed by atoms with Crippen molar-refractivity contribution in [1.29, 1.82) is 0 Å². The number of amides is 2. The second-order valence-electron chi connectivity index (χ2n) is 5.99. The Balaban J connectivity index is 0.00000263. The normalized spacial score (nSPS) is 11.9. The standard InChI is InChI=1S/C18H25N3O6.CH2Cl2/c1-4-7-14(19-15(22)5-2)17(20-16(23)6-3)18(24)27-13-10-8-12(9-11-13)21(25)26;2-1-3/h8-11,14,17H,4-7H2,1-3H3,(H,19,22)(H,20,23);1H2. The fourth-order valence-corrected chi connectivity index (χ4v) is 2.36. The second-order valence-corrected chi connectivity index (χ2v) is 6.80. The van der Waals surface area contributed by atoms with Crippen LogP contribution in [0.1, 0.15) is 46.5 Å². The number of nitro groups is 1. The van der Waals surface area contributed by atoms with Gasteiger partial charge in [-0.15, -0.1) is 23.2 Å². The van der Waals surface area contributed by atoms with Gasteiger partial charge in [0.2, 0.25) is 11.8 Å². The zero-order valence-corrected chi connectivity index (χ0v) is 18.7. The van der Waals surface area contributed by atoms with E-state index >= 15 is 0 Å². The molecule has 0 fully saturated rings. The van der Waals surface area contributed by atoms with Gasteiger partial charge in [0.15, 0.2) is 0 Å². The summed E-state index contributed by atoms with van der Waals surface area (Å²) in [6.45, 7) is 5.23. The summed E-state index contributed by atoms with van der Waals surface area (Å²) in [6.07, 6.45) is 1.56. The number of rotatable bonds is 10. The highest BCUT2D eigenvalue weighted by atomic mass is 35.5. The minimum atomic E-state index is -1.07. The number of alkyl halides is 2. The number of nitrogens with zero attached hydrogens (tertiary/aromatic N) is 1. The Kier molecular flexibility index (Phi) is 14.2. The number of benzene rings is 1. The number of nitro benzene ring substituents is 1. The Morgan fingerprint density at radius 1 is 1.03 bits per heavy atom. The molecule has 11 heteroatoms. The summed E-state index contributed by atoms with van der Waals surface area (Å²) in [5, 5.41) is 16.2. The molecule has 30 heavy (non-hydrogen) atoms. The highest BCUT2D eigenvalue weighted by Gasteiger charge is 2.32. The number of ether oxygens (including phenoxy) is 1. The fourth-order valence-electron chi connectivity index (χ4n) is 2.36. The first kappa shape index (κ1) is 27.6. The molecule has 0 aromatic heterocycles. The molecule has 0 aliphatic carbocycles. The summed E-state index contributed by atoms with van der Waals surface area (Å²) in [7, 11) is 0. The smallest absolute Gasteiger partial charge is 0.336 e. The molecule has 0 aliphatic heterocycles. The lowest BCUT2D eigenvalue weighted by molar-refractivity contribution is -0.384. The second kappa shape index (κ2) is 15.4.